The van der Waals surface area contributed by atoms with Gasteiger partial charge < -0.3 is 15.1 Å². The van der Waals surface area contributed by atoms with Gasteiger partial charge in [0.1, 0.15) is 6.04 Å². The summed E-state index contributed by atoms with van der Waals surface area (Å²) in [6, 6.07) is 9.62. The molecule has 1 aromatic carbocycles. The van der Waals surface area contributed by atoms with Crippen molar-refractivity contribution >= 4 is 38.7 Å². The summed E-state index contributed by atoms with van der Waals surface area (Å²) in [6.45, 7) is 3.08. The molecule has 0 radical (unpaired) electrons. The van der Waals surface area contributed by atoms with Crippen LogP contribution in [0.3, 0.4) is 0 Å². The van der Waals surface area contributed by atoms with Gasteiger partial charge in [-0.2, -0.15) is 0 Å². The number of rotatable bonds is 5. The average molecular weight is 439 g/mol. The van der Waals surface area contributed by atoms with Crippen LogP contribution in [0.2, 0.25) is 0 Å². The number of thiazole rings is 1. The fraction of sp³-hybridized carbons (Fsp3) is 0.455. The Hall–Kier alpha value is -2.94. The monoisotopic (exact) mass is 438 g/mol. The quantitative estimate of drug-likeness (QED) is 0.636. The molecule has 2 aliphatic heterocycles. The van der Waals surface area contributed by atoms with Crippen LogP contribution in [0.25, 0.3) is 10.3 Å². The average Bonchev–Trinajstić information content (AvgIpc) is 3.46. The van der Waals surface area contributed by atoms with Crippen LogP contribution in [0.4, 0.5) is 11.1 Å². The topological polar surface area (TPSA) is 94.2 Å². The minimum Gasteiger partial charge on any atom is -0.350 e. The van der Waals surface area contributed by atoms with Crippen molar-refractivity contribution in [3.63, 3.8) is 0 Å². The van der Waals surface area contributed by atoms with Gasteiger partial charge in [0.15, 0.2) is 15.5 Å². The molecule has 9 heteroatoms. The Kier molecular flexibility index (Phi) is 5.59. The number of hydrogen-bond donors (Lipinski definition) is 2. The van der Waals surface area contributed by atoms with Crippen molar-refractivity contribution < 1.29 is 4.79 Å². The molecule has 3 aromatic rings. The first-order chi connectivity index (χ1) is 15.2. The number of benzene rings is 1. The summed E-state index contributed by atoms with van der Waals surface area (Å²) >= 11 is 1.40. The summed E-state index contributed by atoms with van der Waals surface area (Å²) in [5.74, 6) is 0.627. The van der Waals surface area contributed by atoms with Gasteiger partial charge in [-0.15, -0.1) is 0 Å². The van der Waals surface area contributed by atoms with Gasteiger partial charge in [-0.1, -0.05) is 41.7 Å². The summed E-state index contributed by atoms with van der Waals surface area (Å²) in [6.07, 6.45) is 5.14. The normalized spacial score (nSPS) is 19.2. The summed E-state index contributed by atoms with van der Waals surface area (Å²) < 4.78 is 0. The van der Waals surface area contributed by atoms with Gasteiger partial charge in [0.2, 0.25) is 11.9 Å². The molecule has 1 amide bonds. The van der Waals surface area contributed by atoms with Crippen LogP contribution in [0, 0.1) is 0 Å². The second-order valence-corrected chi connectivity index (χ2v) is 9.10. The molecule has 1 atom stereocenters. The Balaban J connectivity index is 1.35. The molecule has 4 heterocycles. The number of nitrogens with zero attached hydrogens (tertiary/aromatic N) is 4. The third-order valence-corrected chi connectivity index (χ3v) is 7.00. The molecular weight excluding hydrogens is 412 g/mol. The van der Waals surface area contributed by atoms with Crippen LogP contribution in [0.15, 0.2) is 35.1 Å². The van der Waals surface area contributed by atoms with E-state index in [9.17, 15) is 9.59 Å². The largest absolute Gasteiger partial charge is 0.350 e. The van der Waals surface area contributed by atoms with E-state index in [2.05, 4.69) is 20.2 Å². The molecule has 2 saturated heterocycles. The number of aromatic nitrogens is 3. The van der Waals surface area contributed by atoms with Crippen molar-refractivity contribution in [2.45, 2.75) is 44.7 Å². The molecule has 31 heavy (non-hydrogen) atoms. The molecule has 2 N–H and O–H groups in total. The molecule has 0 bridgehead atoms. The highest BCUT2D eigenvalue weighted by Gasteiger charge is 2.33. The number of H-pyrrole nitrogens is 1. The maximum atomic E-state index is 12.9. The first kappa shape index (κ1) is 20.0. The van der Waals surface area contributed by atoms with Gasteiger partial charge in [-0.3, -0.25) is 14.6 Å². The molecule has 162 valence electrons. The zero-order valence-electron chi connectivity index (χ0n) is 17.3. The van der Waals surface area contributed by atoms with E-state index in [1.807, 2.05) is 35.2 Å². The van der Waals surface area contributed by atoms with Crippen molar-refractivity contribution in [2.75, 3.05) is 29.4 Å². The third kappa shape index (κ3) is 4.14. The second-order valence-electron chi connectivity index (χ2n) is 8.14. The summed E-state index contributed by atoms with van der Waals surface area (Å²) in [7, 11) is 0. The molecule has 2 fully saturated rings. The number of fused-ring (bicyclic) bond motifs is 1. The number of piperidine rings is 1. The van der Waals surface area contributed by atoms with E-state index in [4.69, 9.17) is 4.98 Å². The van der Waals surface area contributed by atoms with E-state index < -0.39 is 0 Å². The van der Waals surface area contributed by atoms with Crippen molar-refractivity contribution in [1.29, 1.82) is 0 Å². The van der Waals surface area contributed by atoms with E-state index in [0.29, 0.717) is 28.0 Å². The standard InChI is InChI=1S/C22H26N6O2S/c29-18(23-14-15-8-3-1-4-9-15)16-10-7-13-28(16)22-24-17-19(30)25-21(26-20(17)31-22)27-11-5-2-6-12-27/h1,3-4,8-9,16H,2,5-7,10-14H2,(H,23,29)(H,25,26,30). The Morgan fingerprint density at radius 3 is 2.71 bits per heavy atom. The van der Waals surface area contributed by atoms with E-state index in [-0.39, 0.29) is 17.5 Å². The SMILES string of the molecule is O=C(NCc1ccccc1)C1CCCN1c1nc2c(=O)[nH]c(N3CCCCC3)nc2s1. The number of carbonyl (C=O) groups excluding carboxylic acids is 1. The Morgan fingerprint density at radius 1 is 1.10 bits per heavy atom. The fourth-order valence-electron chi connectivity index (χ4n) is 4.36. The van der Waals surface area contributed by atoms with Crippen LogP contribution in [-0.2, 0) is 11.3 Å². The minimum absolute atomic E-state index is 0.00326. The van der Waals surface area contributed by atoms with E-state index in [1.165, 1.54) is 17.8 Å². The van der Waals surface area contributed by atoms with Gasteiger partial charge >= 0.3 is 0 Å². The molecule has 0 spiro atoms. The zero-order valence-corrected chi connectivity index (χ0v) is 18.2. The summed E-state index contributed by atoms with van der Waals surface area (Å²) in [5, 5.41) is 3.74. The molecule has 2 aromatic heterocycles. The van der Waals surface area contributed by atoms with Gasteiger partial charge in [0, 0.05) is 26.2 Å². The Bertz CT molecular complexity index is 1120. The van der Waals surface area contributed by atoms with E-state index in [1.54, 1.807) is 0 Å². The number of amides is 1. The van der Waals surface area contributed by atoms with Crippen molar-refractivity contribution in [3.05, 3.63) is 46.2 Å². The van der Waals surface area contributed by atoms with Crippen LogP contribution in [0.1, 0.15) is 37.7 Å². The number of anilines is 2. The lowest BCUT2D eigenvalue weighted by molar-refractivity contribution is -0.122. The third-order valence-electron chi connectivity index (χ3n) is 6.01. The van der Waals surface area contributed by atoms with Crippen LogP contribution < -0.4 is 20.7 Å². The molecule has 2 aliphatic rings. The summed E-state index contributed by atoms with van der Waals surface area (Å²) in [5.41, 5.74) is 1.22. The fourth-order valence-corrected chi connectivity index (χ4v) is 5.37. The maximum Gasteiger partial charge on any atom is 0.279 e. The smallest absolute Gasteiger partial charge is 0.279 e. The zero-order chi connectivity index (χ0) is 21.2. The van der Waals surface area contributed by atoms with Gasteiger partial charge in [-0.05, 0) is 37.7 Å². The molecule has 5 rings (SSSR count). The highest BCUT2D eigenvalue weighted by molar-refractivity contribution is 7.21. The molecule has 0 saturated carbocycles. The second kappa shape index (κ2) is 8.66. The lowest BCUT2D eigenvalue weighted by Gasteiger charge is -2.26. The Morgan fingerprint density at radius 2 is 1.90 bits per heavy atom. The van der Waals surface area contributed by atoms with Crippen molar-refractivity contribution in [1.82, 2.24) is 20.3 Å². The molecular formula is C22H26N6O2S. The number of aromatic amines is 1. The highest BCUT2D eigenvalue weighted by atomic mass is 32.1. The minimum atomic E-state index is -0.273. The van der Waals surface area contributed by atoms with Gasteiger partial charge in [0.25, 0.3) is 5.56 Å². The van der Waals surface area contributed by atoms with Gasteiger partial charge in [0.05, 0.1) is 0 Å². The van der Waals surface area contributed by atoms with Crippen molar-refractivity contribution in [3.8, 4) is 0 Å². The molecule has 1 unspecified atom stereocenters. The first-order valence-electron chi connectivity index (χ1n) is 10.9. The van der Waals surface area contributed by atoms with Crippen LogP contribution in [0.5, 0.6) is 0 Å². The maximum absolute atomic E-state index is 12.9. The number of hydrogen-bond acceptors (Lipinski definition) is 7. The lowest BCUT2D eigenvalue weighted by atomic mass is 10.1. The summed E-state index contributed by atoms with van der Waals surface area (Å²) in [4.78, 5) is 42.5. The van der Waals surface area contributed by atoms with Crippen LogP contribution >= 0.6 is 11.3 Å². The number of nitrogens with one attached hydrogen (secondary N) is 2. The molecule has 0 aliphatic carbocycles. The lowest BCUT2D eigenvalue weighted by Crippen LogP contribution is -2.43. The van der Waals surface area contributed by atoms with Crippen molar-refractivity contribution in [2.24, 2.45) is 0 Å². The predicted molar refractivity (Wildman–Crippen MR) is 123 cm³/mol. The molecule has 8 nitrogen and oxygen atoms in total. The predicted octanol–water partition coefficient (Wildman–Crippen LogP) is 2.66. The van der Waals surface area contributed by atoms with E-state index in [0.717, 1.165) is 50.9 Å². The van der Waals surface area contributed by atoms with Gasteiger partial charge in [-0.25, -0.2) is 9.97 Å². The number of carbonyl (C=O) groups is 1. The van der Waals surface area contributed by atoms with Crippen LogP contribution in [-0.4, -0.2) is 46.5 Å². The first-order valence-corrected chi connectivity index (χ1v) is 11.7. The van der Waals surface area contributed by atoms with E-state index >= 15 is 0 Å². The highest BCUT2D eigenvalue weighted by Crippen LogP contribution is 2.32. The Labute approximate surface area is 184 Å².